The lowest BCUT2D eigenvalue weighted by molar-refractivity contribution is 0.164. The van der Waals surface area contributed by atoms with Crippen molar-refractivity contribution in [2.24, 2.45) is 0 Å². The molecule has 3 aromatic rings. The van der Waals surface area contributed by atoms with E-state index < -0.39 is 10.0 Å². The summed E-state index contributed by atoms with van der Waals surface area (Å²) < 4.78 is 36.5. The summed E-state index contributed by atoms with van der Waals surface area (Å²) in [5.41, 5.74) is 2.16. The summed E-state index contributed by atoms with van der Waals surface area (Å²) in [5.74, 6) is 0. The lowest BCUT2D eigenvalue weighted by Crippen LogP contribution is -2.49. The van der Waals surface area contributed by atoms with Crippen LogP contribution in [-0.2, 0) is 16.4 Å². The number of piperidine rings is 1. The highest BCUT2D eigenvalue weighted by molar-refractivity contribution is 7.89. The van der Waals surface area contributed by atoms with E-state index in [2.05, 4.69) is 25.7 Å². The Kier molecular flexibility index (Phi) is 5.68. The fraction of sp³-hybridized carbons (Fsp3) is 0.421. The number of sulfonamides is 1. The molecule has 0 radical (unpaired) electrons. The summed E-state index contributed by atoms with van der Waals surface area (Å²) in [6, 6.07) is 11.3. The third-order valence-corrected chi connectivity index (χ3v) is 7.74. The Morgan fingerprint density at radius 1 is 1.21 bits per heavy atom. The topological polar surface area (TPSA) is 79.3 Å². The molecule has 9 heteroatoms. The third kappa shape index (κ3) is 3.93. The number of benzene rings is 1. The summed E-state index contributed by atoms with van der Waals surface area (Å²) in [4.78, 5) is 6.88. The number of hydrogen-bond donors (Lipinski definition) is 0. The van der Waals surface area contributed by atoms with Gasteiger partial charge >= 0.3 is 0 Å². The maximum atomic E-state index is 13.3. The van der Waals surface area contributed by atoms with Crippen LogP contribution in [-0.4, -0.2) is 64.1 Å². The van der Waals surface area contributed by atoms with Crippen molar-refractivity contribution in [3.05, 3.63) is 48.3 Å². The minimum Gasteiger partial charge on any atom is -0.302 e. The molecule has 0 bridgehead atoms. The van der Waals surface area contributed by atoms with Gasteiger partial charge in [0.1, 0.15) is 15.9 Å². The summed E-state index contributed by atoms with van der Waals surface area (Å²) in [5, 5.41) is 0. The predicted octanol–water partition coefficient (Wildman–Crippen LogP) is 2.41. The summed E-state index contributed by atoms with van der Waals surface area (Å²) in [6.07, 6.45) is 4.50. The molecule has 7 nitrogen and oxygen atoms in total. The molecule has 1 atom stereocenters. The smallest absolute Gasteiger partial charge is 0.245 e. The lowest BCUT2D eigenvalue weighted by Gasteiger charge is -2.37. The van der Waals surface area contributed by atoms with Crippen molar-refractivity contribution < 1.29 is 8.42 Å². The highest BCUT2D eigenvalue weighted by Crippen LogP contribution is 2.27. The second kappa shape index (κ2) is 8.20. The molecule has 4 rings (SSSR count). The number of fused-ring (bicyclic) bond motifs is 1. The first-order chi connectivity index (χ1) is 13.6. The van der Waals surface area contributed by atoms with Gasteiger partial charge in [0.05, 0.1) is 11.7 Å². The summed E-state index contributed by atoms with van der Waals surface area (Å²) in [6.45, 7) is 1.89. The van der Waals surface area contributed by atoms with Crippen LogP contribution < -0.4 is 0 Å². The second-order valence-electron chi connectivity index (χ2n) is 7.10. The van der Waals surface area contributed by atoms with Crippen molar-refractivity contribution in [3.8, 4) is 0 Å². The van der Waals surface area contributed by atoms with E-state index in [1.54, 1.807) is 28.7 Å². The van der Waals surface area contributed by atoms with Gasteiger partial charge in [-0.25, -0.2) is 8.42 Å². The van der Waals surface area contributed by atoms with Gasteiger partial charge in [0.15, 0.2) is 0 Å². The molecule has 1 aliphatic rings. The van der Waals surface area contributed by atoms with Gasteiger partial charge in [-0.05, 0) is 44.2 Å². The maximum absolute atomic E-state index is 13.3. The predicted molar refractivity (Wildman–Crippen MR) is 110 cm³/mol. The Morgan fingerprint density at radius 2 is 2.11 bits per heavy atom. The Morgan fingerprint density at radius 3 is 2.93 bits per heavy atom. The molecule has 0 saturated carbocycles. The van der Waals surface area contributed by atoms with Crippen molar-refractivity contribution in [2.75, 3.05) is 26.7 Å². The molecular formula is C19H23N5O2S2. The molecule has 1 aliphatic heterocycles. The first-order valence-corrected chi connectivity index (χ1v) is 11.5. The van der Waals surface area contributed by atoms with Gasteiger partial charge in [0.2, 0.25) is 10.0 Å². The molecule has 0 N–H and O–H groups in total. The van der Waals surface area contributed by atoms with Gasteiger partial charge in [-0.1, -0.05) is 12.1 Å². The molecule has 1 aromatic carbocycles. The van der Waals surface area contributed by atoms with Gasteiger partial charge in [-0.2, -0.15) is 13.1 Å². The highest BCUT2D eigenvalue weighted by atomic mass is 32.2. The fourth-order valence-corrected chi connectivity index (χ4v) is 5.92. The van der Waals surface area contributed by atoms with E-state index in [9.17, 15) is 8.42 Å². The van der Waals surface area contributed by atoms with Gasteiger partial charge in [0.25, 0.3) is 0 Å². The van der Waals surface area contributed by atoms with E-state index in [0.717, 1.165) is 43.2 Å². The van der Waals surface area contributed by atoms with Crippen LogP contribution in [0.1, 0.15) is 18.5 Å². The zero-order chi connectivity index (χ0) is 19.6. The molecule has 1 saturated heterocycles. The molecule has 3 heterocycles. The number of hydrogen-bond acceptors (Lipinski definition) is 7. The minimum absolute atomic E-state index is 0.194. The van der Waals surface area contributed by atoms with E-state index >= 15 is 0 Å². The van der Waals surface area contributed by atoms with E-state index in [4.69, 9.17) is 0 Å². The number of aromatic nitrogens is 3. The standard InChI is InChI=1S/C19H23N5O2S2/c1-23(13-10-15-6-2-3-11-20-15)16-7-5-12-24(14-16)28(25,26)18-9-4-8-17-19(18)22-27-21-17/h2-4,6,8-9,11,16H,5,7,10,12-14H2,1H3/t16-/m1/s1. The fourth-order valence-electron chi connectivity index (χ4n) is 3.65. The van der Waals surface area contributed by atoms with Gasteiger partial charge in [0, 0.05) is 44.0 Å². The first-order valence-electron chi connectivity index (χ1n) is 9.37. The highest BCUT2D eigenvalue weighted by Gasteiger charge is 2.33. The SMILES string of the molecule is CN(CCc1ccccn1)[C@@H]1CCCN(S(=O)(=O)c2cccc3nsnc23)C1. The molecular weight excluding hydrogens is 394 g/mol. The number of pyridine rings is 1. The summed E-state index contributed by atoms with van der Waals surface area (Å²) >= 11 is 1.04. The van der Waals surface area contributed by atoms with Crippen LogP contribution in [0.15, 0.2) is 47.5 Å². The van der Waals surface area contributed by atoms with Gasteiger partial charge in [-0.15, -0.1) is 0 Å². The Bertz CT molecular complexity index is 1040. The van der Waals surface area contributed by atoms with Crippen LogP contribution in [0, 0.1) is 0 Å². The van der Waals surface area contributed by atoms with Crippen LogP contribution in [0.5, 0.6) is 0 Å². The van der Waals surface area contributed by atoms with Crippen LogP contribution >= 0.6 is 11.7 Å². The monoisotopic (exact) mass is 417 g/mol. The average molecular weight is 418 g/mol. The van der Waals surface area contributed by atoms with Crippen LogP contribution in [0.25, 0.3) is 11.0 Å². The van der Waals surface area contributed by atoms with Crippen LogP contribution in [0.4, 0.5) is 0 Å². The molecule has 148 valence electrons. The van der Waals surface area contributed by atoms with E-state index in [1.807, 2.05) is 18.2 Å². The van der Waals surface area contributed by atoms with Crippen molar-refractivity contribution in [1.82, 2.24) is 22.9 Å². The molecule has 0 amide bonds. The number of nitrogens with zero attached hydrogens (tertiary/aromatic N) is 5. The molecule has 2 aromatic heterocycles. The molecule has 28 heavy (non-hydrogen) atoms. The average Bonchev–Trinajstić information content (AvgIpc) is 3.21. The van der Waals surface area contributed by atoms with Crippen molar-refractivity contribution in [3.63, 3.8) is 0 Å². The summed E-state index contributed by atoms with van der Waals surface area (Å²) in [7, 11) is -1.53. The Labute approximate surface area is 169 Å². The van der Waals surface area contributed by atoms with E-state index in [1.165, 1.54) is 0 Å². The van der Waals surface area contributed by atoms with Crippen LogP contribution in [0.3, 0.4) is 0 Å². The van der Waals surface area contributed by atoms with Gasteiger partial charge < -0.3 is 4.90 Å². The first kappa shape index (κ1) is 19.4. The zero-order valence-corrected chi connectivity index (χ0v) is 17.4. The largest absolute Gasteiger partial charge is 0.302 e. The zero-order valence-electron chi connectivity index (χ0n) is 15.7. The number of rotatable bonds is 6. The van der Waals surface area contributed by atoms with Crippen molar-refractivity contribution >= 4 is 32.8 Å². The minimum atomic E-state index is -3.59. The van der Waals surface area contributed by atoms with Crippen molar-refractivity contribution in [1.29, 1.82) is 0 Å². The number of likely N-dealkylation sites (N-methyl/N-ethyl adjacent to an activating group) is 1. The quantitative estimate of drug-likeness (QED) is 0.613. The van der Waals surface area contributed by atoms with E-state index in [0.29, 0.717) is 24.1 Å². The van der Waals surface area contributed by atoms with Crippen molar-refractivity contribution in [2.45, 2.75) is 30.2 Å². The molecule has 0 unspecified atom stereocenters. The second-order valence-corrected chi connectivity index (χ2v) is 9.53. The van der Waals surface area contributed by atoms with Crippen LogP contribution in [0.2, 0.25) is 0 Å². The normalized spacial score (nSPS) is 18.7. The molecule has 0 aliphatic carbocycles. The lowest BCUT2D eigenvalue weighted by atomic mass is 10.1. The maximum Gasteiger partial charge on any atom is 0.245 e. The van der Waals surface area contributed by atoms with Gasteiger partial charge in [-0.3, -0.25) is 4.98 Å². The third-order valence-electron chi connectivity index (χ3n) is 5.30. The Hall–Kier alpha value is -1.94. The molecule has 1 fully saturated rings. The van der Waals surface area contributed by atoms with E-state index in [-0.39, 0.29) is 10.9 Å². The molecule has 0 spiro atoms. The Balaban J connectivity index is 1.47.